The van der Waals surface area contributed by atoms with Crippen LogP contribution in [0.5, 0.6) is 5.75 Å². The van der Waals surface area contributed by atoms with Crippen LogP contribution in [0.25, 0.3) is 11.5 Å². The zero-order valence-corrected chi connectivity index (χ0v) is 16.2. The van der Waals surface area contributed by atoms with E-state index in [4.69, 9.17) is 9.15 Å². The maximum Gasteiger partial charge on any atom is 0.247 e. The molecule has 1 aliphatic rings. The maximum absolute atomic E-state index is 13.1. The predicted molar refractivity (Wildman–Crippen MR) is 105 cm³/mol. The molecule has 0 saturated carbocycles. The van der Waals surface area contributed by atoms with Crippen molar-refractivity contribution in [3.63, 3.8) is 0 Å². The van der Waals surface area contributed by atoms with Crippen molar-refractivity contribution in [1.82, 2.24) is 15.1 Å². The molecule has 3 aromatic rings. The van der Waals surface area contributed by atoms with Gasteiger partial charge in [0.2, 0.25) is 17.7 Å². The number of nitrogens with zero attached hydrogens (tertiary/aromatic N) is 3. The van der Waals surface area contributed by atoms with Crippen LogP contribution >= 0.6 is 0 Å². The number of benzene rings is 2. The van der Waals surface area contributed by atoms with Crippen LogP contribution in [0.15, 0.2) is 52.9 Å². The molecule has 0 aliphatic carbocycles. The number of hydrogen-bond donors (Lipinski definition) is 0. The Morgan fingerprint density at radius 2 is 1.93 bits per heavy atom. The number of piperidine rings is 1. The van der Waals surface area contributed by atoms with Crippen molar-refractivity contribution >= 4 is 5.91 Å². The van der Waals surface area contributed by atoms with E-state index in [9.17, 15) is 9.18 Å². The highest BCUT2D eigenvalue weighted by Gasteiger charge is 2.27. The van der Waals surface area contributed by atoms with Gasteiger partial charge in [-0.25, -0.2) is 4.39 Å². The summed E-state index contributed by atoms with van der Waals surface area (Å²) in [5.41, 5.74) is 1.63. The highest BCUT2D eigenvalue weighted by molar-refractivity contribution is 5.79. The minimum atomic E-state index is -0.306. The topological polar surface area (TPSA) is 68.5 Å². The number of carbonyl (C=O) groups is 1. The van der Waals surface area contributed by atoms with Gasteiger partial charge in [-0.05, 0) is 54.8 Å². The van der Waals surface area contributed by atoms with Gasteiger partial charge in [-0.3, -0.25) is 4.79 Å². The third kappa shape index (κ3) is 4.45. The molecule has 0 atom stereocenters. The van der Waals surface area contributed by atoms with Crippen LogP contribution in [0.1, 0.15) is 30.2 Å². The van der Waals surface area contributed by atoms with Crippen LogP contribution in [-0.2, 0) is 11.2 Å². The third-order valence-corrected chi connectivity index (χ3v) is 5.22. The standard InChI is InChI=1S/C22H22FN3O3/c1-28-19-4-2-3-15(13-19)14-20(27)26-11-9-17(10-12-26)22-25-24-21(29-22)16-5-7-18(23)8-6-16/h2-8,13,17H,9-12,14H2,1H3. The first kappa shape index (κ1) is 19.1. The van der Waals surface area contributed by atoms with Crippen molar-refractivity contribution in [3.8, 4) is 17.2 Å². The van der Waals surface area contributed by atoms with Gasteiger partial charge in [0.15, 0.2) is 0 Å². The van der Waals surface area contributed by atoms with Crippen LogP contribution in [0.4, 0.5) is 4.39 Å². The number of carbonyl (C=O) groups excluding carboxylic acids is 1. The Morgan fingerprint density at radius 3 is 2.66 bits per heavy atom. The monoisotopic (exact) mass is 395 g/mol. The minimum Gasteiger partial charge on any atom is -0.497 e. The van der Waals surface area contributed by atoms with Crippen molar-refractivity contribution in [2.24, 2.45) is 0 Å². The second-order valence-electron chi connectivity index (χ2n) is 7.14. The van der Waals surface area contributed by atoms with Crippen molar-refractivity contribution in [2.75, 3.05) is 20.2 Å². The summed E-state index contributed by atoms with van der Waals surface area (Å²) in [7, 11) is 1.62. The fourth-order valence-electron chi connectivity index (χ4n) is 3.55. The van der Waals surface area contributed by atoms with Crippen molar-refractivity contribution in [3.05, 3.63) is 65.8 Å². The maximum atomic E-state index is 13.1. The normalized spacial score (nSPS) is 14.8. The fourth-order valence-corrected chi connectivity index (χ4v) is 3.55. The predicted octanol–water partition coefficient (Wildman–Crippen LogP) is 3.83. The molecule has 2 aromatic carbocycles. The third-order valence-electron chi connectivity index (χ3n) is 5.22. The van der Waals surface area contributed by atoms with Gasteiger partial charge in [0.1, 0.15) is 11.6 Å². The van der Waals surface area contributed by atoms with Gasteiger partial charge in [-0.1, -0.05) is 12.1 Å². The number of rotatable bonds is 5. The molecule has 0 radical (unpaired) electrons. The van der Waals surface area contributed by atoms with Gasteiger partial charge < -0.3 is 14.1 Å². The molecule has 1 aliphatic heterocycles. The molecule has 2 heterocycles. The van der Waals surface area contributed by atoms with E-state index in [1.54, 1.807) is 19.2 Å². The Morgan fingerprint density at radius 1 is 1.17 bits per heavy atom. The number of hydrogen-bond acceptors (Lipinski definition) is 5. The number of methoxy groups -OCH3 is 1. The Hall–Kier alpha value is -3.22. The highest BCUT2D eigenvalue weighted by atomic mass is 19.1. The summed E-state index contributed by atoms with van der Waals surface area (Å²) in [5.74, 6) is 1.63. The molecule has 1 amide bonds. The van der Waals surface area contributed by atoms with E-state index in [0.717, 1.165) is 24.2 Å². The Kier molecular flexibility index (Phi) is 5.55. The summed E-state index contributed by atoms with van der Waals surface area (Å²) in [6.07, 6.45) is 1.90. The van der Waals surface area contributed by atoms with Gasteiger partial charge in [0, 0.05) is 24.6 Å². The molecule has 1 aromatic heterocycles. The van der Waals surface area contributed by atoms with E-state index in [-0.39, 0.29) is 17.6 Å². The van der Waals surface area contributed by atoms with Gasteiger partial charge in [0.25, 0.3) is 0 Å². The Balaban J connectivity index is 1.34. The molecule has 29 heavy (non-hydrogen) atoms. The van der Waals surface area contributed by atoms with E-state index < -0.39 is 0 Å². The number of amides is 1. The lowest BCUT2D eigenvalue weighted by Crippen LogP contribution is -2.38. The molecular formula is C22H22FN3O3. The molecule has 0 bridgehead atoms. The smallest absolute Gasteiger partial charge is 0.247 e. The van der Waals surface area contributed by atoms with E-state index in [2.05, 4.69) is 10.2 Å². The van der Waals surface area contributed by atoms with E-state index in [0.29, 0.717) is 36.9 Å². The average molecular weight is 395 g/mol. The molecule has 1 fully saturated rings. The first-order valence-electron chi connectivity index (χ1n) is 9.62. The van der Waals surface area contributed by atoms with E-state index in [1.807, 2.05) is 29.2 Å². The molecule has 7 heteroatoms. The number of likely N-dealkylation sites (tertiary alicyclic amines) is 1. The largest absolute Gasteiger partial charge is 0.497 e. The molecule has 0 spiro atoms. The van der Waals surface area contributed by atoms with Crippen molar-refractivity contribution in [2.45, 2.75) is 25.2 Å². The highest BCUT2D eigenvalue weighted by Crippen LogP contribution is 2.29. The molecule has 0 unspecified atom stereocenters. The minimum absolute atomic E-state index is 0.106. The molecule has 4 rings (SSSR count). The summed E-state index contributed by atoms with van der Waals surface area (Å²) in [6, 6.07) is 13.5. The van der Waals surface area contributed by atoms with Gasteiger partial charge in [-0.15, -0.1) is 10.2 Å². The second-order valence-corrected chi connectivity index (χ2v) is 7.14. The van der Waals surface area contributed by atoms with E-state index in [1.165, 1.54) is 12.1 Å². The summed E-state index contributed by atoms with van der Waals surface area (Å²) in [6.45, 7) is 1.31. The first-order chi connectivity index (χ1) is 14.1. The molecule has 1 saturated heterocycles. The van der Waals surface area contributed by atoms with Crippen LogP contribution in [-0.4, -0.2) is 41.2 Å². The van der Waals surface area contributed by atoms with Gasteiger partial charge in [-0.2, -0.15) is 0 Å². The Labute approximate surface area is 168 Å². The second kappa shape index (κ2) is 8.43. The van der Waals surface area contributed by atoms with Crippen LogP contribution in [0.3, 0.4) is 0 Å². The van der Waals surface area contributed by atoms with Crippen LogP contribution in [0, 0.1) is 5.82 Å². The summed E-state index contributed by atoms with van der Waals surface area (Å²) in [5, 5.41) is 8.25. The van der Waals surface area contributed by atoms with E-state index >= 15 is 0 Å². The van der Waals surface area contributed by atoms with Gasteiger partial charge in [0.05, 0.1) is 13.5 Å². The fraction of sp³-hybridized carbons (Fsp3) is 0.318. The quantitative estimate of drug-likeness (QED) is 0.657. The average Bonchev–Trinajstić information content (AvgIpc) is 3.25. The summed E-state index contributed by atoms with van der Waals surface area (Å²) >= 11 is 0. The zero-order valence-electron chi connectivity index (χ0n) is 16.2. The lowest BCUT2D eigenvalue weighted by atomic mass is 9.96. The van der Waals surface area contributed by atoms with Crippen molar-refractivity contribution in [1.29, 1.82) is 0 Å². The SMILES string of the molecule is COc1cccc(CC(=O)N2CCC(c3nnc(-c4ccc(F)cc4)o3)CC2)c1. The molecular weight excluding hydrogens is 373 g/mol. The van der Waals surface area contributed by atoms with Crippen LogP contribution in [0.2, 0.25) is 0 Å². The number of ether oxygens (including phenoxy) is 1. The number of halogens is 1. The first-order valence-corrected chi connectivity index (χ1v) is 9.62. The van der Waals surface area contributed by atoms with Crippen molar-refractivity contribution < 1.29 is 18.3 Å². The summed E-state index contributed by atoms with van der Waals surface area (Å²) < 4.78 is 24.1. The summed E-state index contributed by atoms with van der Waals surface area (Å²) in [4.78, 5) is 14.5. The zero-order chi connectivity index (χ0) is 20.2. The lowest BCUT2D eigenvalue weighted by molar-refractivity contribution is -0.131. The molecule has 150 valence electrons. The number of aromatic nitrogens is 2. The van der Waals surface area contributed by atoms with Gasteiger partial charge >= 0.3 is 0 Å². The van der Waals surface area contributed by atoms with Crippen LogP contribution < -0.4 is 4.74 Å². The Bertz CT molecular complexity index is 979. The molecule has 0 N–H and O–H groups in total. The lowest BCUT2D eigenvalue weighted by Gasteiger charge is -2.30. The molecule has 6 nitrogen and oxygen atoms in total.